The van der Waals surface area contributed by atoms with Gasteiger partial charge in [-0.05, 0) is 15.8 Å². The Hall–Kier alpha value is -0.420. The molecule has 3 nitrogen and oxygen atoms in total. The van der Waals surface area contributed by atoms with Crippen molar-refractivity contribution >= 4 is 32.5 Å². The van der Waals surface area contributed by atoms with Crippen molar-refractivity contribution in [2.24, 2.45) is 10.7 Å². The first-order valence-electron chi connectivity index (χ1n) is 2.97. The molecule has 11 heavy (non-hydrogen) atoms. The van der Waals surface area contributed by atoms with Crippen LogP contribution in [0.1, 0.15) is 0 Å². The normalized spacial score (nSPS) is 30.4. The van der Waals surface area contributed by atoms with E-state index in [4.69, 9.17) is 5.73 Å². The third kappa shape index (κ3) is 2.27. The highest BCUT2D eigenvalue weighted by Crippen LogP contribution is 2.16. The van der Waals surface area contributed by atoms with E-state index in [2.05, 4.69) is 4.99 Å². The van der Waals surface area contributed by atoms with Gasteiger partial charge in [-0.25, -0.2) is 4.99 Å². The predicted octanol–water partition coefficient (Wildman–Crippen LogP) is 0.236. The maximum Gasteiger partial charge on any atom is 0.133 e. The number of nitrogens with two attached hydrogens (primary N) is 1. The number of hydrogen-bond donors (Lipinski definition) is 1. The van der Waals surface area contributed by atoms with Crippen molar-refractivity contribution in [1.29, 1.82) is 0 Å². The smallest absolute Gasteiger partial charge is 0.133 e. The standard InChI is InChI=1S/C6H10N2OS2/c1-10-6-4-11(2,9)3-5(7)8-6/h3-4H,1-2H3,(H2,7,8). The minimum atomic E-state index is -2.01. The summed E-state index contributed by atoms with van der Waals surface area (Å²) in [6.07, 6.45) is 3.52. The second-order valence-corrected chi connectivity index (χ2v) is 5.51. The SMILES string of the molecule is CSC1=CS(C)(=O)=CC(N)=N1. The molecule has 0 aromatic rings. The fourth-order valence-electron chi connectivity index (χ4n) is 0.748. The Morgan fingerprint density at radius 3 is 2.82 bits per heavy atom. The molecule has 0 saturated heterocycles. The Labute approximate surface area is 70.8 Å². The van der Waals surface area contributed by atoms with Crippen molar-refractivity contribution in [3.8, 4) is 0 Å². The lowest BCUT2D eigenvalue weighted by atomic mass is 10.7. The molecule has 0 aliphatic carbocycles. The average Bonchev–Trinajstić information content (AvgIpc) is 1.83. The minimum absolute atomic E-state index is 0.351. The van der Waals surface area contributed by atoms with Gasteiger partial charge in [0.05, 0.1) is 0 Å². The van der Waals surface area contributed by atoms with Crippen LogP contribution in [-0.4, -0.2) is 27.9 Å². The molecule has 0 spiro atoms. The molecular formula is C6H10N2OS2. The van der Waals surface area contributed by atoms with E-state index in [-0.39, 0.29) is 0 Å². The van der Waals surface area contributed by atoms with Crippen LogP contribution in [0.15, 0.2) is 15.4 Å². The van der Waals surface area contributed by atoms with Gasteiger partial charge in [-0.3, -0.25) is 4.21 Å². The molecule has 0 aromatic heterocycles. The van der Waals surface area contributed by atoms with Crippen LogP contribution < -0.4 is 5.73 Å². The average molecular weight is 190 g/mol. The van der Waals surface area contributed by atoms with Crippen molar-refractivity contribution in [1.82, 2.24) is 0 Å². The van der Waals surface area contributed by atoms with Crippen LogP contribution in [-0.2, 0) is 9.52 Å². The zero-order valence-electron chi connectivity index (χ0n) is 6.40. The zero-order valence-corrected chi connectivity index (χ0v) is 8.04. The van der Waals surface area contributed by atoms with Crippen molar-refractivity contribution < 1.29 is 4.21 Å². The summed E-state index contributed by atoms with van der Waals surface area (Å²) in [7, 11) is -2.01. The van der Waals surface area contributed by atoms with Gasteiger partial charge in [-0.15, -0.1) is 11.8 Å². The molecule has 1 aliphatic rings. The van der Waals surface area contributed by atoms with E-state index in [9.17, 15) is 4.21 Å². The van der Waals surface area contributed by atoms with E-state index in [1.54, 1.807) is 11.7 Å². The Balaban J connectivity index is 3.19. The first-order valence-corrected chi connectivity index (χ1v) is 6.29. The van der Waals surface area contributed by atoms with E-state index >= 15 is 0 Å². The molecule has 1 aliphatic heterocycles. The van der Waals surface area contributed by atoms with E-state index in [1.165, 1.54) is 17.1 Å². The lowest BCUT2D eigenvalue weighted by Crippen LogP contribution is -2.20. The molecule has 0 radical (unpaired) electrons. The van der Waals surface area contributed by atoms with Gasteiger partial charge in [0.15, 0.2) is 0 Å². The Morgan fingerprint density at radius 1 is 1.73 bits per heavy atom. The summed E-state index contributed by atoms with van der Waals surface area (Å²) in [4.78, 5) is 3.98. The molecule has 5 heteroatoms. The zero-order chi connectivity index (χ0) is 8.48. The van der Waals surface area contributed by atoms with E-state index in [0.29, 0.717) is 5.84 Å². The van der Waals surface area contributed by atoms with Crippen LogP contribution in [0.25, 0.3) is 0 Å². The molecule has 1 rings (SSSR count). The lowest BCUT2D eigenvalue weighted by Gasteiger charge is -2.06. The monoisotopic (exact) mass is 190 g/mol. The van der Waals surface area contributed by atoms with Crippen LogP contribution in [0.4, 0.5) is 0 Å². The van der Waals surface area contributed by atoms with Crippen molar-refractivity contribution in [2.45, 2.75) is 0 Å². The molecule has 0 fully saturated rings. The summed E-state index contributed by atoms with van der Waals surface area (Å²) >= 11 is 1.45. The summed E-state index contributed by atoms with van der Waals surface area (Å²) in [5.41, 5.74) is 5.44. The van der Waals surface area contributed by atoms with Gasteiger partial charge >= 0.3 is 0 Å². The van der Waals surface area contributed by atoms with Crippen LogP contribution >= 0.6 is 11.8 Å². The molecule has 1 unspecified atom stereocenters. The quantitative estimate of drug-likeness (QED) is 0.602. The first kappa shape index (κ1) is 8.67. The topological polar surface area (TPSA) is 55.5 Å². The fourth-order valence-corrected chi connectivity index (χ4v) is 2.96. The molecule has 62 valence electrons. The molecular weight excluding hydrogens is 180 g/mol. The third-order valence-corrected chi connectivity index (χ3v) is 3.32. The van der Waals surface area contributed by atoms with Gasteiger partial charge in [-0.1, -0.05) is 0 Å². The van der Waals surface area contributed by atoms with Crippen molar-refractivity contribution in [3.05, 3.63) is 10.4 Å². The van der Waals surface area contributed by atoms with Gasteiger partial charge in [-0.2, -0.15) is 0 Å². The van der Waals surface area contributed by atoms with Crippen LogP contribution in [0, 0.1) is 0 Å². The summed E-state index contributed by atoms with van der Waals surface area (Å²) in [6, 6.07) is 0. The van der Waals surface area contributed by atoms with Crippen molar-refractivity contribution in [3.63, 3.8) is 0 Å². The van der Waals surface area contributed by atoms with E-state index in [1.807, 2.05) is 6.26 Å². The van der Waals surface area contributed by atoms with Gasteiger partial charge in [0.2, 0.25) is 0 Å². The summed E-state index contributed by atoms with van der Waals surface area (Å²) in [5.74, 6) is 0.351. The second-order valence-electron chi connectivity index (χ2n) is 2.28. The fraction of sp³-hybridized carbons (Fsp3) is 0.333. The number of rotatable bonds is 1. The first-order chi connectivity index (χ1) is 5.03. The second kappa shape index (κ2) is 2.91. The van der Waals surface area contributed by atoms with Crippen molar-refractivity contribution in [2.75, 3.05) is 12.5 Å². The number of aliphatic imine (C=N–C) groups is 1. The number of amidine groups is 1. The molecule has 0 bridgehead atoms. The number of nitrogens with zero attached hydrogens (tertiary/aromatic N) is 1. The third-order valence-electron chi connectivity index (χ3n) is 1.14. The highest BCUT2D eigenvalue weighted by Gasteiger charge is 2.06. The molecule has 1 atom stereocenters. The Bertz CT molecular complexity index is 334. The lowest BCUT2D eigenvalue weighted by molar-refractivity contribution is 0.690. The van der Waals surface area contributed by atoms with Gasteiger partial charge in [0.25, 0.3) is 0 Å². The Kier molecular flexibility index (Phi) is 2.29. The summed E-state index contributed by atoms with van der Waals surface area (Å²) in [5, 5.41) is 3.87. The van der Waals surface area contributed by atoms with Crippen LogP contribution in [0.2, 0.25) is 0 Å². The highest BCUT2D eigenvalue weighted by atomic mass is 32.2. The molecule has 0 amide bonds. The maximum absolute atomic E-state index is 11.5. The van der Waals surface area contributed by atoms with Crippen LogP contribution in [0.3, 0.4) is 0 Å². The number of thioether (sulfide) groups is 1. The molecule has 1 heterocycles. The van der Waals surface area contributed by atoms with Gasteiger partial charge in [0, 0.05) is 17.0 Å². The van der Waals surface area contributed by atoms with Crippen LogP contribution in [0.5, 0.6) is 0 Å². The van der Waals surface area contributed by atoms with Gasteiger partial charge in [0.1, 0.15) is 10.9 Å². The molecule has 0 aromatic carbocycles. The minimum Gasteiger partial charge on any atom is -0.383 e. The number of hydrogen-bond acceptors (Lipinski definition) is 4. The molecule has 0 saturated carbocycles. The summed E-state index contributed by atoms with van der Waals surface area (Å²) in [6.45, 7) is 0. The highest BCUT2D eigenvalue weighted by molar-refractivity contribution is 8.07. The largest absolute Gasteiger partial charge is 0.383 e. The maximum atomic E-state index is 11.5. The van der Waals surface area contributed by atoms with Gasteiger partial charge < -0.3 is 5.73 Å². The van der Waals surface area contributed by atoms with E-state index in [0.717, 1.165) is 5.03 Å². The Morgan fingerprint density at radius 2 is 2.36 bits per heavy atom. The predicted molar refractivity (Wildman–Crippen MR) is 53.4 cm³/mol. The summed E-state index contributed by atoms with van der Waals surface area (Å²) < 4.78 is 11.5. The van der Waals surface area contributed by atoms with E-state index < -0.39 is 9.52 Å². The molecule has 2 N–H and O–H groups in total.